The maximum atomic E-state index is 11.7. The zero-order valence-corrected chi connectivity index (χ0v) is 12.3. The van der Waals surface area contributed by atoms with Crippen LogP contribution in [0.4, 0.5) is 0 Å². The second kappa shape index (κ2) is 6.25. The highest BCUT2D eigenvalue weighted by Crippen LogP contribution is 2.13. The fraction of sp³-hybridized carbons (Fsp3) is 0.538. The highest BCUT2D eigenvalue weighted by molar-refractivity contribution is 7.89. The van der Waals surface area contributed by atoms with Crippen molar-refractivity contribution in [2.45, 2.75) is 27.2 Å². The average molecular weight is 284 g/mol. The van der Waals surface area contributed by atoms with Crippen molar-refractivity contribution in [2.75, 3.05) is 12.3 Å². The summed E-state index contributed by atoms with van der Waals surface area (Å²) in [6, 6.07) is 5.36. The first-order valence-corrected chi connectivity index (χ1v) is 7.76. The van der Waals surface area contributed by atoms with E-state index in [1.54, 1.807) is 39.1 Å². The molecule has 1 heterocycles. The van der Waals surface area contributed by atoms with E-state index >= 15 is 0 Å². The maximum absolute atomic E-state index is 11.7. The summed E-state index contributed by atoms with van der Waals surface area (Å²) in [5, 5.41) is 0. The normalized spacial score (nSPS) is 12.4. The highest BCUT2D eigenvalue weighted by atomic mass is 32.2. The minimum absolute atomic E-state index is 0.0680. The molecule has 5 nitrogen and oxygen atoms in total. The Hall–Kier alpha value is -1.27. The van der Waals surface area contributed by atoms with Crippen molar-refractivity contribution in [3.63, 3.8) is 0 Å². The molecule has 0 radical (unpaired) electrons. The average Bonchev–Trinajstić information content (AvgIpc) is 2.34. The minimum atomic E-state index is -3.45. The molecule has 0 aliphatic heterocycles. The molecular formula is C13H20N2O3S. The van der Waals surface area contributed by atoms with Gasteiger partial charge >= 0.3 is 0 Å². The fourth-order valence-electron chi connectivity index (χ4n) is 1.30. The highest BCUT2D eigenvalue weighted by Gasteiger charge is 2.22. The molecule has 0 atom stereocenters. The van der Waals surface area contributed by atoms with Crippen LogP contribution in [0.1, 0.15) is 26.5 Å². The van der Waals surface area contributed by atoms with Gasteiger partial charge in [0.15, 0.2) is 5.78 Å². The number of pyridine rings is 1. The van der Waals surface area contributed by atoms with Gasteiger partial charge in [0.2, 0.25) is 10.0 Å². The molecule has 6 heteroatoms. The summed E-state index contributed by atoms with van der Waals surface area (Å²) in [5.41, 5.74) is 0.179. The topological polar surface area (TPSA) is 76.1 Å². The number of aryl methyl sites for hydroxylation is 1. The van der Waals surface area contributed by atoms with Crippen LogP contribution in [0.25, 0.3) is 0 Å². The lowest BCUT2D eigenvalue weighted by Crippen LogP contribution is -2.37. The Morgan fingerprint density at radius 3 is 2.53 bits per heavy atom. The Kier molecular flexibility index (Phi) is 5.20. The number of rotatable bonds is 6. The number of sulfonamides is 1. The first-order valence-electron chi connectivity index (χ1n) is 6.11. The molecule has 1 rings (SSSR count). The second-order valence-corrected chi connectivity index (χ2v) is 7.31. The number of nitrogens with zero attached hydrogens (tertiary/aromatic N) is 1. The molecule has 0 aliphatic rings. The standard InChI is InChI=1S/C13H20N2O3S/c1-13(2,3)12(16)10-15-19(17,18)9-7-11-6-4-5-8-14-11/h4-6,8,15H,7,9-10H2,1-3H3. The van der Waals surface area contributed by atoms with Crippen LogP contribution in [0.3, 0.4) is 0 Å². The summed E-state index contributed by atoms with van der Waals surface area (Å²) in [6.45, 7) is 5.13. The van der Waals surface area contributed by atoms with Crippen LogP contribution in [0.2, 0.25) is 0 Å². The molecule has 0 spiro atoms. The largest absolute Gasteiger partial charge is 0.298 e. The SMILES string of the molecule is CC(C)(C)C(=O)CNS(=O)(=O)CCc1ccccn1. The molecule has 106 valence electrons. The van der Waals surface area contributed by atoms with E-state index in [0.29, 0.717) is 6.42 Å². The van der Waals surface area contributed by atoms with E-state index in [0.717, 1.165) is 5.69 Å². The van der Waals surface area contributed by atoms with Gasteiger partial charge in [-0.25, -0.2) is 13.1 Å². The Labute approximate surface area is 114 Å². The number of hydrogen-bond acceptors (Lipinski definition) is 4. The third-order valence-corrected chi connectivity index (χ3v) is 3.97. The van der Waals surface area contributed by atoms with E-state index in [2.05, 4.69) is 9.71 Å². The van der Waals surface area contributed by atoms with Crippen molar-refractivity contribution in [3.8, 4) is 0 Å². The van der Waals surface area contributed by atoms with Crippen LogP contribution < -0.4 is 4.72 Å². The summed E-state index contributed by atoms with van der Waals surface area (Å²) >= 11 is 0. The molecule has 1 aromatic heterocycles. The zero-order valence-electron chi connectivity index (χ0n) is 11.5. The molecule has 0 amide bonds. The van der Waals surface area contributed by atoms with Crippen molar-refractivity contribution < 1.29 is 13.2 Å². The number of aromatic nitrogens is 1. The van der Waals surface area contributed by atoms with Crippen molar-refractivity contribution in [2.24, 2.45) is 5.41 Å². The van der Waals surface area contributed by atoms with Crippen molar-refractivity contribution in [1.29, 1.82) is 0 Å². The molecule has 0 aliphatic carbocycles. The summed E-state index contributed by atoms with van der Waals surface area (Å²) in [5.74, 6) is -0.199. The van der Waals surface area contributed by atoms with E-state index in [-0.39, 0.29) is 18.1 Å². The Balaban J connectivity index is 2.47. The van der Waals surface area contributed by atoms with Gasteiger partial charge in [-0.15, -0.1) is 0 Å². The lowest BCUT2D eigenvalue weighted by Gasteiger charge is -2.16. The quantitative estimate of drug-likeness (QED) is 0.850. The molecule has 0 fully saturated rings. The number of nitrogens with one attached hydrogen (secondary N) is 1. The molecule has 0 bridgehead atoms. The van der Waals surface area contributed by atoms with Gasteiger partial charge in [0.05, 0.1) is 12.3 Å². The number of ketones is 1. The monoisotopic (exact) mass is 284 g/mol. The van der Waals surface area contributed by atoms with Crippen LogP contribution in [0, 0.1) is 5.41 Å². The number of Topliss-reactive ketones (excluding diaryl/α,β-unsaturated/α-hetero) is 1. The Morgan fingerprint density at radius 1 is 1.32 bits per heavy atom. The maximum Gasteiger partial charge on any atom is 0.212 e. The van der Waals surface area contributed by atoms with Gasteiger partial charge < -0.3 is 0 Å². The van der Waals surface area contributed by atoms with Crippen LogP contribution in [-0.2, 0) is 21.2 Å². The summed E-state index contributed by atoms with van der Waals surface area (Å²) in [4.78, 5) is 15.7. The molecule has 19 heavy (non-hydrogen) atoms. The van der Waals surface area contributed by atoms with Crippen molar-refractivity contribution in [3.05, 3.63) is 30.1 Å². The van der Waals surface area contributed by atoms with Gasteiger partial charge in [-0.3, -0.25) is 9.78 Å². The summed E-state index contributed by atoms with van der Waals surface area (Å²) in [7, 11) is -3.45. The van der Waals surface area contributed by atoms with E-state index in [1.165, 1.54) is 0 Å². The van der Waals surface area contributed by atoms with Gasteiger partial charge in [-0.2, -0.15) is 0 Å². The molecule has 0 saturated heterocycles. The lowest BCUT2D eigenvalue weighted by molar-refractivity contribution is -0.125. The lowest BCUT2D eigenvalue weighted by atomic mass is 9.91. The molecule has 0 unspecified atom stereocenters. The molecule has 1 aromatic rings. The van der Waals surface area contributed by atoms with Crippen LogP contribution in [0.5, 0.6) is 0 Å². The van der Waals surface area contributed by atoms with E-state index in [4.69, 9.17) is 0 Å². The number of carbonyl (C=O) groups excluding carboxylic acids is 1. The number of hydrogen-bond donors (Lipinski definition) is 1. The second-order valence-electron chi connectivity index (χ2n) is 5.38. The van der Waals surface area contributed by atoms with Gasteiger partial charge in [0.1, 0.15) is 0 Å². The van der Waals surface area contributed by atoms with Gasteiger partial charge in [-0.05, 0) is 12.1 Å². The van der Waals surface area contributed by atoms with Crippen molar-refractivity contribution in [1.82, 2.24) is 9.71 Å². The summed E-state index contributed by atoms with van der Waals surface area (Å²) in [6.07, 6.45) is 1.96. The Morgan fingerprint density at radius 2 is 2.00 bits per heavy atom. The predicted octanol–water partition coefficient (Wildman–Crippen LogP) is 1.16. The fourth-order valence-corrected chi connectivity index (χ4v) is 2.27. The van der Waals surface area contributed by atoms with Crippen LogP contribution >= 0.6 is 0 Å². The van der Waals surface area contributed by atoms with Crippen LogP contribution in [0.15, 0.2) is 24.4 Å². The molecular weight excluding hydrogens is 264 g/mol. The summed E-state index contributed by atoms with van der Waals surface area (Å²) < 4.78 is 25.8. The molecule has 0 saturated carbocycles. The Bertz CT molecular complexity index is 519. The first-order chi connectivity index (χ1) is 8.71. The smallest absolute Gasteiger partial charge is 0.212 e. The zero-order chi connectivity index (χ0) is 14.5. The van der Waals surface area contributed by atoms with E-state index < -0.39 is 15.4 Å². The van der Waals surface area contributed by atoms with Gasteiger partial charge in [-0.1, -0.05) is 26.8 Å². The predicted molar refractivity (Wildman–Crippen MR) is 74.2 cm³/mol. The van der Waals surface area contributed by atoms with E-state index in [1.807, 2.05) is 6.07 Å². The number of carbonyl (C=O) groups is 1. The van der Waals surface area contributed by atoms with Gasteiger partial charge in [0, 0.05) is 23.7 Å². The third kappa shape index (κ3) is 5.94. The van der Waals surface area contributed by atoms with E-state index in [9.17, 15) is 13.2 Å². The molecule has 1 N–H and O–H groups in total. The first kappa shape index (κ1) is 15.8. The minimum Gasteiger partial charge on any atom is -0.298 e. The van der Waals surface area contributed by atoms with Crippen molar-refractivity contribution >= 4 is 15.8 Å². The molecule has 0 aromatic carbocycles. The van der Waals surface area contributed by atoms with Gasteiger partial charge in [0.25, 0.3) is 0 Å². The van der Waals surface area contributed by atoms with Crippen LogP contribution in [-0.4, -0.2) is 31.5 Å². The third-order valence-electron chi connectivity index (χ3n) is 2.64.